The molecule has 0 fully saturated rings. The van der Waals surface area contributed by atoms with Gasteiger partial charge in [-0.2, -0.15) is 0 Å². The molecule has 0 aromatic heterocycles. The van der Waals surface area contributed by atoms with Gasteiger partial charge in [-0.25, -0.2) is 4.79 Å². The van der Waals surface area contributed by atoms with Crippen molar-refractivity contribution in [1.29, 1.82) is 0 Å². The van der Waals surface area contributed by atoms with E-state index < -0.39 is 0 Å². The quantitative estimate of drug-likeness (QED) is 0.566. The predicted molar refractivity (Wildman–Crippen MR) is 85.9 cm³/mol. The van der Waals surface area contributed by atoms with Crippen LogP contribution in [0.3, 0.4) is 0 Å². The fourth-order valence-corrected chi connectivity index (χ4v) is 2.54. The number of halogens is 1. The number of hydrogen-bond donors (Lipinski definition) is 1. The van der Waals surface area contributed by atoms with E-state index in [9.17, 15) is 4.79 Å². The van der Waals surface area contributed by atoms with Gasteiger partial charge < -0.3 is 10.1 Å². The minimum Gasteiger partial charge on any atom is -0.465 e. The molecule has 1 aromatic carbocycles. The average Bonchev–Trinajstić information content (AvgIpc) is 2.45. The highest BCUT2D eigenvalue weighted by molar-refractivity contribution is 9.10. The number of ether oxygens (including phenoxy) is 1. The van der Waals surface area contributed by atoms with Gasteiger partial charge in [0, 0.05) is 17.1 Å². The Morgan fingerprint density at radius 3 is 2.75 bits per heavy atom. The Balaban J connectivity index is 2.50. The van der Waals surface area contributed by atoms with Crippen LogP contribution in [0.2, 0.25) is 0 Å². The van der Waals surface area contributed by atoms with Crippen LogP contribution in [-0.4, -0.2) is 19.1 Å². The van der Waals surface area contributed by atoms with Crippen LogP contribution >= 0.6 is 15.9 Å². The van der Waals surface area contributed by atoms with Gasteiger partial charge in [0.05, 0.1) is 12.7 Å². The van der Waals surface area contributed by atoms with Crippen LogP contribution in [0, 0.1) is 0 Å². The number of benzene rings is 1. The number of nitrogens with one attached hydrogen (secondary N) is 1. The Bertz CT molecular complexity index is 434. The van der Waals surface area contributed by atoms with Crippen LogP contribution in [0.1, 0.15) is 55.5 Å². The van der Waals surface area contributed by atoms with E-state index in [1.165, 1.54) is 32.8 Å². The molecule has 0 amide bonds. The third kappa shape index (κ3) is 5.63. The van der Waals surface area contributed by atoms with Crippen molar-refractivity contribution in [2.45, 2.75) is 52.1 Å². The van der Waals surface area contributed by atoms with Gasteiger partial charge in [-0.05, 0) is 31.0 Å². The SMILES string of the molecule is CCCCCC(C)NCc1ccc(C(=O)OC)cc1Br. The first-order chi connectivity index (χ1) is 9.58. The second-order valence-electron chi connectivity index (χ2n) is 5.08. The summed E-state index contributed by atoms with van der Waals surface area (Å²) >= 11 is 3.51. The third-order valence-corrected chi connectivity index (χ3v) is 4.09. The summed E-state index contributed by atoms with van der Waals surface area (Å²) in [6.45, 7) is 5.24. The van der Waals surface area contributed by atoms with Gasteiger partial charge in [0.25, 0.3) is 0 Å². The molecule has 0 spiro atoms. The van der Waals surface area contributed by atoms with Crippen LogP contribution in [-0.2, 0) is 11.3 Å². The Hall–Kier alpha value is -0.870. The summed E-state index contributed by atoms with van der Waals surface area (Å²) in [6, 6.07) is 6.08. The first-order valence-electron chi connectivity index (χ1n) is 7.18. The summed E-state index contributed by atoms with van der Waals surface area (Å²) in [5, 5.41) is 3.52. The van der Waals surface area contributed by atoms with E-state index in [0.717, 1.165) is 16.6 Å². The number of methoxy groups -OCH3 is 1. The van der Waals surface area contributed by atoms with E-state index in [4.69, 9.17) is 4.74 Å². The molecule has 0 saturated heterocycles. The van der Waals surface area contributed by atoms with E-state index in [1.54, 1.807) is 6.07 Å². The van der Waals surface area contributed by atoms with Crippen molar-refractivity contribution >= 4 is 21.9 Å². The Kier molecular flexibility index (Phi) is 7.85. The molecule has 4 heteroatoms. The van der Waals surface area contributed by atoms with Crippen LogP contribution in [0.15, 0.2) is 22.7 Å². The maximum atomic E-state index is 11.4. The summed E-state index contributed by atoms with van der Waals surface area (Å²) in [5.74, 6) is -0.307. The maximum absolute atomic E-state index is 11.4. The summed E-state index contributed by atoms with van der Waals surface area (Å²) in [5.41, 5.74) is 1.72. The minimum atomic E-state index is -0.307. The molecule has 0 radical (unpaired) electrons. The van der Waals surface area contributed by atoms with E-state index in [-0.39, 0.29) is 5.97 Å². The van der Waals surface area contributed by atoms with Gasteiger partial charge in [-0.1, -0.05) is 48.2 Å². The minimum absolute atomic E-state index is 0.307. The highest BCUT2D eigenvalue weighted by Gasteiger charge is 2.09. The van der Waals surface area contributed by atoms with Crippen LogP contribution < -0.4 is 5.32 Å². The standard InChI is InChI=1S/C16H24BrNO2/c1-4-5-6-7-12(2)18-11-14-9-8-13(10-15(14)17)16(19)20-3/h8-10,12,18H,4-7,11H2,1-3H3. The lowest BCUT2D eigenvalue weighted by Crippen LogP contribution is -2.25. The smallest absolute Gasteiger partial charge is 0.337 e. The largest absolute Gasteiger partial charge is 0.465 e. The van der Waals surface area contributed by atoms with Crippen LogP contribution in [0.25, 0.3) is 0 Å². The molecule has 0 bridgehead atoms. The number of carbonyl (C=O) groups is 1. The van der Waals surface area contributed by atoms with E-state index in [2.05, 4.69) is 35.1 Å². The molecule has 1 aromatic rings. The van der Waals surface area contributed by atoms with E-state index in [0.29, 0.717) is 11.6 Å². The molecule has 20 heavy (non-hydrogen) atoms. The molecule has 3 nitrogen and oxygen atoms in total. The fraction of sp³-hybridized carbons (Fsp3) is 0.562. The lowest BCUT2D eigenvalue weighted by atomic mass is 10.1. The predicted octanol–water partition coefficient (Wildman–Crippen LogP) is 4.29. The number of rotatable bonds is 8. The van der Waals surface area contributed by atoms with Gasteiger partial charge in [-0.3, -0.25) is 0 Å². The molecule has 1 rings (SSSR count). The lowest BCUT2D eigenvalue weighted by molar-refractivity contribution is 0.0600. The van der Waals surface area contributed by atoms with Crippen molar-refractivity contribution < 1.29 is 9.53 Å². The van der Waals surface area contributed by atoms with Crippen molar-refractivity contribution in [2.75, 3.05) is 7.11 Å². The Morgan fingerprint density at radius 2 is 2.15 bits per heavy atom. The van der Waals surface area contributed by atoms with Gasteiger partial charge in [0.15, 0.2) is 0 Å². The van der Waals surface area contributed by atoms with Gasteiger partial charge in [-0.15, -0.1) is 0 Å². The molecule has 1 atom stereocenters. The molecule has 0 aliphatic carbocycles. The molecule has 112 valence electrons. The van der Waals surface area contributed by atoms with Gasteiger partial charge >= 0.3 is 5.97 Å². The summed E-state index contributed by atoms with van der Waals surface area (Å²) in [4.78, 5) is 11.4. The van der Waals surface area contributed by atoms with E-state index in [1.807, 2.05) is 12.1 Å². The number of esters is 1. The zero-order valence-corrected chi connectivity index (χ0v) is 14.1. The molecule has 0 aliphatic heterocycles. The molecule has 1 N–H and O–H groups in total. The van der Waals surface area contributed by atoms with Crippen molar-refractivity contribution in [3.05, 3.63) is 33.8 Å². The summed E-state index contributed by atoms with van der Waals surface area (Å²) in [7, 11) is 1.39. The normalized spacial score (nSPS) is 12.2. The zero-order valence-electron chi connectivity index (χ0n) is 12.5. The van der Waals surface area contributed by atoms with Crippen molar-refractivity contribution in [3.8, 4) is 0 Å². The average molecular weight is 342 g/mol. The van der Waals surface area contributed by atoms with Crippen LogP contribution in [0.4, 0.5) is 0 Å². The number of carbonyl (C=O) groups excluding carboxylic acids is 1. The molecular formula is C16H24BrNO2. The van der Waals surface area contributed by atoms with E-state index >= 15 is 0 Å². The molecule has 0 aliphatic rings. The number of unbranched alkanes of at least 4 members (excludes halogenated alkanes) is 2. The van der Waals surface area contributed by atoms with Gasteiger partial charge in [0.1, 0.15) is 0 Å². The topological polar surface area (TPSA) is 38.3 Å². The fourth-order valence-electron chi connectivity index (χ4n) is 2.02. The highest BCUT2D eigenvalue weighted by Crippen LogP contribution is 2.19. The second kappa shape index (κ2) is 9.14. The molecule has 0 saturated carbocycles. The lowest BCUT2D eigenvalue weighted by Gasteiger charge is -2.14. The summed E-state index contributed by atoms with van der Waals surface area (Å²) in [6.07, 6.45) is 5.02. The molecular weight excluding hydrogens is 318 g/mol. The van der Waals surface area contributed by atoms with Crippen molar-refractivity contribution in [3.63, 3.8) is 0 Å². The number of hydrogen-bond acceptors (Lipinski definition) is 3. The zero-order chi connectivity index (χ0) is 15.0. The first kappa shape index (κ1) is 17.2. The molecule has 0 heterocycles. The second-order valence-corrected chi connectivity index (χ2v) is 5.93. The Morgan fingerprint density at radius 1 is 1.40 bits per heavy atom. The highest BCUT2D eigenvalue weighted by atomic mass is 79.9. The van der Waals surface area contributed by atoms with Gasteiger partial charge in [0.2, 0.25) is 0 Å². The Labute approximate surface area is 130 Å². The third-order valence-electron chi connectivity index (χ3n) is 3.36. The summed E-state index contributed by atoms with van der Waals surface area (Å²) < 4.78 is 5.65. The van der Waals surface area contributed by atoms with Crippen LogP contribution in [0.5, 0.6) is 0 Å². The van der Waals surface area contributed by atoms with Crippen molar-refractivity contribution in [2.24, 2.45) is 0 Å². The first-order valence-corrected chi connectivity index (χ1v) is 7.97. The maximum Gasteiger partial charge on any atom is 0.337 e. The monoisotopic (exact) mass is 341 g/mol. The molecule has 1 unspecified atom stereocenters. The van der Waals surface area contributed by atoms with Crippen molar-refractivity contribution in [1.82, 2.24) is 5.32 Å².